The second kappa shape index (κ2) is 8.68. The molecule has 3 rings (SSSR count). The topological polar surface area (TPSA) is 66.5 Å². The van der Waals surface area contributed by atoms with Gasteiger partial charge < -0.3 is 5.32 Å². The highest BCUT2D eigenvalue weighted by Gasteiger charge is 2.24. The van der Waals surface area contributed by atoms with E-state index in [1.807, 2.05) is 19.2 Å². The first-order chi connectivity index (χ1) is 13.3. The van der Waals surface area contributed by atoms with E-state index < -0.39 is 10.0 Å². The van der Waals surface area contributed by atoms with Gasteiger partial charge in [0, 0.05) is 11.9 Å². The Bertz CT molecular complexity index is 956. The molecule has 1 amide bonds. The van der Waals surface area contributed by atoms with Crippen molar-refractivity contribution < 1.29 is 13.2 Å². The Labute approximate surface area is 171 Å². The van der Waals surface area contributed by atoms with Crippen molar-refractivity contribution in [3.8, 4) is 0 Å². The molecule has 1 aliphatic rings. The molecule has 0 unspecified atom stereocenters. The fraction of sp³-hybridized carbons (Fsp3) is 0.381. The Hall–Kier alpha value is -1.83. The zero-order chi connectivity index (χ0) is 20.3. The molecule has 0 saturated carbocycles. The molecule has 28 heavy (non-hydrogen) atoms. The Morgan fingerprint density at radius 2 is 1.82 bits per heavy atom. The first-order valence-corrected chi connectivity index (χ1v) is 12.0. The maximum atomic E-state index is 12.7. The molecule has 7 heteroatoms. The molecule has 0 aliphatic heterocycles. The van der Waals surface area contributed by atoms with Gasteiger partial charge in [-0.25, -0.2) is 8.42 Å². The van der Waals surface area contributed by atoms with Crippen LogP contribution in [0.3, 0.4) is 0 Å². The van der Waals surface area contributed by atoms with Gasteiger partial charge in [0.25, 0.3) is 0 Å². The van der Waals surface area contributed by atoms with Crippen LogP contribution in [0.2, 0.25) is 0 Å². The van der Waals surface area contributed by atoms with Crippen molar-refractivity contribution in [3.63, 3.8) is 0 Å². The molecule has 5 nitrogen and oxygen atoms in total. The van der Waals surface area contributed by atoms with Crippen molar-refractivity contribution in [1.29, 1.82) is 0 Å². The van der Waals surface area contributed by atoms with E-state index in [0.29, 0.717) is 0 Å². The molecular formula is C21H26N2O3S2. The Morgan fingerprint density at radius 1 is 1.14 bits per heavy atom. The van der Waals surface area contributed by atoms with Gasteiger partial charge in [0.15, 0.2) is 0 Å². The lowest BCUT2D eigenvalue weighted by Gasteiger charge is -2.20. The molecular weight excluding hydrogens is 392 g/mol. The molecule has 0 heterocycles. The zero-order valence-corrected chi connectivity index (χ0v) is 18.1. The van der Waals surface area contributed by atoms with Crippen LogP contribution in [0.15, 0.2) is 52.3 Å². The van der Waals surface area contributed by atoms with Gasteiger partial charge in [-0.3, -0.25) is 4.79 Å². The smallest absolute Gasteiger partial charge is 0.243 e. The summed E-state index contributed by atoms with van der Waals surface area (Å²) in [5.74, 6) is -0.320. The van der Waals surface area contributed by atoms with E-state index in [1.165, 1.54) is 24.6 Å². The molecule has 0 fully saturated rings. The van der Waals surface area contributed by atoms with Crippen molar-refractivity contribution in [1.82, 2.24) is 9.62 Å². The number of thioether (sulfide) groups is 1. The van der Waals surface area contributed by atoms with Crippen LogP contribution in [0.25, 0.3) is 0 Å². The number of carbonyl (C=O) groups excluding carboxylic acids is 1. The van der Waals surface area contributed by atoms with Crippen LogP contribution in [0.1, 0.15) is 36.1 Å². The monoisotopic (exact) mass is 418 g/mol. The summed E-state index contributed by atoms with van der Waals surface area (Å²) in [6.07, 6.45) is 5.32. The third-order valence-electron chi connectivity index (χ3n) is 5.13. The summed E-state index contributed by atoms with van der Waals surface area (Å²) in [7, 11) is -2.28. The molecule has 0 saturated heterocycles. The largest absolute Gasteiger partial charge is 0.348 e. The molecule has 1 N–H and O–H groups in total. The van der Waals surface area contributed by atoms with Crippen LogP contribution in [-0.2, 0) is 27.7 Å². The van der Waals surface area contributed by atoms with E-state index in [4.69, 9.17) is 0 Å². The number of hydrogen-bond donors (Lipinski definition) is 1. The summed E-state index contributed by atoms with van der Waals surface area (Å²) < 4.78 is 26.5. The number of nitrogens with zero attached hydrogens (tertiary/aromatic N) is 1. The Kier molecular flexibility index (Phi) is 6.47. The van der Waals surface area contributed by atoms with Crippen molar-refractivity contribution in [2.75, 3.05) is 19.8 Å². The lowest BCUT2D eigenvalue weighted by atomic mass is 10.0. The molecule has 0 aromatic heterocycles. The number of fused-ring (bicyclic) bond motifs is 1. The van der Waals surface area contributed by atoms with Crippen LogP contribution in [-0.4, -0.2) is 38.5 Å². The highest BCUT2D eigenvalue weighted by Crippen LogP contribution is 2.25. The Morgan fingerprint density at radius 3 is 2.50 bits per heavy atom. The number of amides is 1. The van der Waals surface area contributed by atoms with Crippen molar-refractivity contribution in [2.24, 2.45) is 0 Å². The van der Waals surface area contributed by atoms with Crippen LogP contribution in [0.5, 0.6) is 0 Å². The normalized spacial score (nSPS) is 14.7. The highest BCUT2D eigenvalue weighted by atomic mass is 32.2. The number of sulfonamides is 1. The van der Waals surface area contributed by atoms with E-state index in [9.17, 15) is 13.2 Å². The minimum atomic E-state index is -3.70. The molecule has 150 valence electrons. The first kappa shape index (κ1) is 20.9. The maximum Gasteiger partial charge on any atom is 0.243 e. The minimum absolute atomic E-state index is 0.171. The lowest BCUT2D eigenvalue weighted by molar-refractivity contribution is -0.121. The van der Waals surface area contributed by atoms with Crippen LogP contribution in [0.4, 0.5) is 0 Å². The lowest BCUT2D eigenvalue weighted by Crippen LogP contribution is -2.39. The summed E-state index contributed by atoms with van der Waals surface area (Å²) >= 11 is 1.55. The zero-order valence-electron chi connectivity index (χ0n) is 16.4. The predicted octanol–water partition coefficient (Wildman–Crippen LogP) is 3.40. The van der Waals surface area contributed by atoms with Gasteiger partial charge in [0.05, 0.1) is 17.5 Å². The van der Waals surface area contributed by atoms with Gasteiger partial charge in [0.1, 0.15) is 0 Å². The van der Waals surface area contributed by atoms with E-state index in [1.54, 1.807) is 36.0 Å². The molecule has 2 aromatic carbocycles. The van der Waals surface area contributed by atoms with Crippen LogP contribution in [0, 0.1) is 0 Å². The van der Waals surface area contributed by atoms with Crippen molar-refractivity contribution in [3.05, 3.63) is 59.2 Å². The second-order valence-electron chi connectivity index (χ2n) is 7.11. The quantitative estimate of drug-likeness (QED) is 0.700. The van der Waals surface area contributed by atoms with Gasteiger partial charge in [0.2, 0.25) is 15.9 Å². The fourth-order valence-corrected chi connectivity index (χ4v) is 4.98. The molecule has 0 radical (unpaired) electrons. The van der Waals surface area contributed by atoms with Crippen molar-refractivity contribution in [2.45, 2.75) is 42.0 Å². The van der Waals surface area contributed by atoms with Gasteiger partial charge >= 0.3 is 0 Å². The first-order valence-electron chi connectivity index (χ1n) is 9.32. The highest BCUT2D eigenvalue weighted by molar-refractivity contribution is 7.98. The Balaban J connectivity index is 1.63. The number of likely N-dealkylation sites (N-methyl/N-ethyl adjacent to an activating group) is 1. The molecule has 0 bridgehead atoms. The average Bonchev–Trinajstić information content (AvgIpc) is 3.15. The van der Waals surface area contributed by atoms with Crippen molar-refractivity contribution >= 4 is 27.7 Å². The minimum Gasteiger partial charge on any atom is -0.348 e. The second-order valence-corrected chi connectivity index (χ2v) is 10.0. The number of benzene rings is 2. The fourth-order valence-electron chi connectivity index (χ4n) is 3.45. The third kappa shape index (κ3) is 4.59. The molecule has 1 atom stereocenters. The van der Waals surface area contributed by atoms with Gasteiger partial charge in [-0.05, 0) is 73.4 Å². The van der Waals surface area contributed by atoms with E-state index in [2.05, 4.69) is 17.4 Å². The van der Waals surface area contributed by atoms with E-state index >= 15 is 0 Å². The van der Waals surface area contributed by atoms with E-state index in [0.717, 1.165) is 27.6 Å². The van der Waals surface area contributed by atoms with E-state index in [-0.39, 0.29) is 23.4 Å². The van der Waals surface area contributed by atoms with Gasteiger partial charge in [-0.15, -0.1) is 11.8 Å². The number of carbonyl (C=O) groups is 1. The summed E-state index contributed by atoms with van der Waals surface area (Å²) in [6.45, 7) is 1.70. The van der Waals surface area contributed by atoms with Crippen LogP contribution < -0.4 is 5.32 Å². The summed E-state index contributed by atoms with van der Waals surface area (Å²) in [4.78, 5) is 13.6. The molecule has 0 spiro atoms. The van der Waals surface area contributed by atoms with Gasteiger partial charge in [-0.2, -0.15) is 4.31 Å². The van der Waals surface area contributed by atoms with Gasteiger partial charge in [-0.1, -0.05) is 18.2 Å². The maximum absolute atomic E-state index is 12.7. The SMILES string of the molecule is CSc1ccc(S(=O)(=O)N(C)CC(=O)N[C@H](C)c2ccc3c(c2)CCC3)cc1. The molecule has 2 aromatic rings. The molecule has 1 aliphatic carbocycles. The number of hydrogen-bond acceptors (Lipinski definition) is 4. The summed E-state index contributed by atoms with van der Waals surface area (Å²) in [5, 5.41) is 2.91. The number of nitrogens with one attached hydrogen (secondary N) is 1. The predicted molar refractivity (Wildman–Crippen MR) is 113 cm³/mol. The van der Waals surface area contributed by atoms with Crippen LogP contribution >= 0.6 is 11.8 Å². The summed E-state index contributed by atoms with van der Waals surface area (Å²) in [5.41, 5.74) is 3.79. The number of aryl methyl sites for hydroxylation is 2. The summed E-state index contributed by atoms with van der Waals surface area (Å²) in [6, 6.07) is 12.8. The third-order valence-corrected chi connectivity index (χ3v) is 7.70. The number of rotatable bonds is 7. The average molecular weight is 419 g/mol. The standard InChI is InChI=1S/C21H26N2O3S2/c1-15(17-8-7-16-5-4-6-18(16)13-17)22-21(24)14-23(2)28(25,26)20-11-9-19(27-3)10-12-20/h7-13,15H,4-6,14H2,1-3H3,(H,22,24)/t15-/m1/s1.